The molecule has 116 valence electrons. The van der Waals surface area contributed by atoms with E-state index in [0.717, 1.165) is 12.8 Å². The number of nitrogens with one attached hydrogen (secondary N) is 2. The van der Waals surface area contributed by atoms with Gasteiger partial charge in [0, 0.05) is 12.1 Å². The van der Waals surface area contributed by atoms with Gasteiger partial charge in [-0.3, -0.25) is 0 Å². The van der Waals surface area contributed by atoms with Crippen molar-refractivity contribution in [2.24, 2.45) is 0 Å². The highest BCUT2D eigenvalue weighted by atomic mass is 32.2. The van der Waals surface area contributed by atoms with Gasteiger partial charge >= 0.3 is 0 Å². The van der Waals surface area contributed by atoms with Gasteiger partial charge in [-0.15, -0.1) is 5.10 Å². The van der Waals surface area contributed by atoms with Gasteiger partial charge in [-0.2, -0.15) is 10.1 Å². The molecule has 1 aliphatic heterocycles. The van der Waals surface area contributed by atoms with E-state index in [4.69, 9.17) is 0 Å². The number of rotatable bonds is 4. The van der Waals surface area contributed by atoms with Gasteiger partial charge in [0.25, 0.3) is 0 Å². The minimum atomic E-state index is -2.89. The summed E-state index contributed by atoms with van der Waals surface area (Å²) in [6.07, 6.45) is 8.22. The first-order valence-electron chi connectivity index (χ1n) is 7.54. The Morgan fingerprint density at radius 3 is 2.57 bits per heavy atom. The van der Waals surface area contributed by atoms with Crippen LogP contribution in [0.5, 0.6) is 0 Å². The number of aromatic nitrogens is 3. The zero-order chi connectivity index (χ0) is 14.7. The van der Waals surface area contributed by atoms with Crippen molar-refractivity contribution in [1.82, 2.24) is 15.2 Å². The highest BCUT2D eigenvalue weighted by molar-refractivity contribution is 7.91. The summed E-state index contributed by atoms with van der Waals surface area (Å²) in [5.41, 5.74) is 0. The van der Waals surface area contributed by atoms with Crippen LogP contribution in [0.3, 0.4) is 0 Å². The molecule has 7 nitrogen and oxygen atoms in total. The van der Waals surface area contributed by atoms with Gasteiger partial charge in [0.1, 0.15) is 0 Å². The Kier molecular flexibility index (Phi) is 4.23. The second-order valence-corrected chi connectivity index (χ2v) is 8.12. The fourth-order valence-corrected chi connectivity index (χ4v) is 4.66. The van der Waals surface area contributed by atoms with Gasteiger partial charge in [-0.05, 0) is 19.3 Å². The summed E-state index contributed by atoms with van der Waals surface area (Å²) in [5.74, 6) is 1.52. The van der Waals surface area contributed by atoms with E-state index in [9.17, 15) is 8.42 Å². The van der Waals surface area contributed by atoms with Crippen molar-refractivity contribution in [3.63, 3.8) is 0 Å². The summed E-state index contributed by atoms with van der Waals surface area (Å²) in [4.78, 5) is 4.39. The Morgan fingerprint density at radius 1 is 1.05 bits per heavy atom. The molecule has 8 heteroatoms. The molecule has 1 aromatic heterocycles. The Labute approximate surface area is 124 Å². The van der Waals surface area contributed by atoms with Crippen molar-refractivity contribution in [3.05, 3.63) is 6.20 Å². The van der Waals surface area contributed by atoms with E-state index < -0.39 is 9.84 Å². The smallest absolute Gasteiger partial charge is 0.244 e. The Bertz CT molecular complexity index is 586. The van der Waals surface area contributed by atoms with E-state index in [1.54, 1.807) is 0 Å². The van der Waals surface area contributed by atoms with Crippen LogP contribution in [-0.2, 0) is 9.84 Å². The average molecular weight is 311 g/mol. The third-order valence-corrected chi connectivity index (χ3v) is 5.85. The van der Waals surface area contributed by atoms with Gasteiger partial charge < -0.3 is 10.6 Å². The first-order valence-corrected chi connectivity index (χ1v) is 9.36. The van der Waals surface area contributed by atoms with Crippen LogP contribution in [0.15, 0.2) is 6.20 Å². The van der Waals surface area contributed by atoms with Crippen molar-refractivity contribution in [2.75, 3.05) is 22.1 Å². The fourth-order valence-electron chi connectivity index (χ4n) is 2.98. The second kappa shape index (κ2) is 6.13. The van der Waals surface area contributed by atoms with Crippen LogP contribution < -0.4 is 10.6 Å². The van der Waals surface area contributed by atoms with Crippen LogP contribution in [0, 0.1) is 0 Å². The fraction of sp³-hybridized carbons (Fsp3) is 0.769. The van der Waals surface area contributed by atoms with Gasteiger partial charge in [-0.1, -0.05) is 19.3 Å². The molecule has 0 radical (unpaired) electrons. The lowest BCUT2D eigenvalue weighted by Gasteiger charge is -2.22. The molecule has 1 aliphatic carbocycles. The third-order valence-electron chi connectivity index (χ3n) is 4.08. The van der Waals surface area contributed by atoms with Gasteiger partial charge in [-0.25, -0.2) is 8.42 Å². The van der Waals surface area contributed by atoms with E-state index in [0.29, 0.717) is 24.2 Å². The quantitative estimate of drug-likeness (QED) is 0.862. The van der Waals surface area contributed by atoms with Crippen LogP contribution >= 0.6 is 0 Å². The Balaban J connectivity index is 1.60. The molecule has 1 aromatic rings. The third kappa shape index (κ3) is 4.03. The van der Waals surface area contributed by atoms with Crippen molar-refractivity contribution >= 4 is 21.6 Å². The molecule has 2 aliphatic rings. The van der Waals surface area contributed by atoms with Crippen molar-refractivity contribution in [1.29, 1.82) is 0 Å². The summed E-state index contributed by atoms with van der Waals surface area (Å²) in [7, 11) is -2.89. The van der Waals surface area contributed by atoms with Gasteiger partial charge in [0.05, 0.1) is 17.7 Å². The summed E-state index contributed by atoms with van der Waals surface area (Å²) < 4.78 is 22.9. The number of hydrogen-bond acceptors (Lipinski definition) is 7. The highest BCUT2D eigenvalue weighted by Gasteiger charge is 2.28. The number of nitrogens with zero attached hydrogens (tertiary/aromatic N) is 3. The molecule has 0 amide bonds. The lowest BCUT2D eigenvalue weighted by Crippen LogP contribution is -2.25. The molecule has 1 unspecified atom stereocenters. The molecule has 1 saturated carbocycles. The number of hydrogen-bond donors (Lipinski definition) is 2. The van der Waals surface area contributed by atoms with Crippen LogP contribution in [0.1, 0.15) is 38.5 Å². The molecule has 2 heterocycles. The van der Waals surface area contributed by atoms with E-state index in [-0.39, 0.29) is 17.5 Å². The molecular formula is C13H21N5O2S. The molecule has 0 bridgehead atoms. The topological polar surface area (TPSA) is 96.9 Å². The van der Waals surface area contributed by atoms with Crippen molar-refractivity contribution in [2.45, 2.75) is 50.6 Å². The molecule has 0 spiro atoms. The summed E-state index contributed by atoms with van der Waals surface area (Å²) in [6, 6.07) is 0.344. The Hall–Kier alpha value is -1.44. The SMILES string of the molecule is O=S1(=O)CCC(Nc2cnnc(NC3CCCCC3)n2)C1. The lowest BCUT2D eigenvalue weighted by atomic mass is 9.96. The summed E-state index contributed by atoms with van der Waals surface area (Å²) in [6.45, 7) is 0. The van der Waals surface area contributed by atoms with E-state index in [1.165, 1.54) is 25.5 Å². The first-order chi connectivity index (χ1) is 10.1. The summed E-state index contributed by atoms with van der Waals surface area (Å²) >= 11 is 0. The standard InChI is InChI=1S/C13H21N5O2S/c19-21(20)7-6-11(9-21)15-12-8-14-18-13(17-12)16-10-4-2-1-3-5-10/h8,10-11H,1-7,9H2,(H2,15,16,17,18). The molecule has 1 atom stereocenters. The normalized spacial score (nSPS) is 25.6. The zero-order valence-corrected chi connectivity index (χ0v) is 12.8. The number of anilines is 2. The molecule has 0 aromatic carbocycles. The molecule has 2 fully saturated rings. The van der Waals surface area contributed by atoms with Crippen molar-refractivity contribution in [3.8, 4) is 0 Å². The molecular weight excluding hydrogens is 290 g/mol. The predicted octanol–water partition coefficient (Wildman–Crippen LogP) is 1.22. The van der Waals surface area contributed by atoms with Crippen LogP contribution in [0.2, 0.25) is 0 Å². The van der Waals surface area contributed by atoms with E-state index >= 15 is 0 Å². The predicted molar refractivity (Wildman–Crippen MR) is 81.0 cm³/mol. The molecule has 1 saturated heterocycles. The highest BCUT2D eigenvalue weighted by Crippen LogP contribution is 2.21. The van der Waals surface area contributed by atoms with Gasteiger partial charge in [0.2, 0.25) is 5.95 Å². The van der Waals surface area contributed by atoms with E-state index in [2.05, 4.69) is 25.8 Å². The molecule has 3 rings (SSSR count). The molecule has 21 heavy (non-hydrogen) atoms. The second-order valence-electron chi connectivity index (χ2n) is 5.89. The lowest BCUT2D eigenvalue weighted by molar-refractivity contribution is 0.460. The monoisotopic (exact) mass is 311 g/mol. The summed E-state index contributed by atoms with van der Waals surface area (Å²) in [5, 5.41) is 14.4. The average Bonchev–Trinajstić information content (AvgIpc) is 2.79. The van der Waals surface area contributed by atoms with Crippen LogP contribution in [-0.4, -0.2) is 47.2 Å². The molecule has 2 N–H and O–H groups in total. The Morgan fingerprint density at radius 2 is 1.86 bits per heavy atom. The minimum absolute atomic E-state index is 0.0748. The largest absolute Gasteiger partial charge is 0.365 e. The van der Waals surface area contributed by atoms with Gasteiger partial charge in [0.15, 0.2) is 15.7 Å². The van der Waals surface area contributed by atoms with E-state index in [1.807, 2.05) is 0 Å². The van der Waals surface area contributed by atoms with Crippen LogP contribution in [0.25, 0.3) is 0 Å². The zero-order valence-electron chi connectivity index (χ0n) is 12.0. The van der Waals surface area contributed by atoms with Crippen molar-refractivity contribution < 1.29 is 8.42 Å². The number of sulfone groups is 1. The first kappa shape index (κ1) is 14.5. The maximum absolute atomic E-state index is 11.5. The van der Waals surface area contributed by atoms with Crippen LogP contribution in [0.4, 0.5) is 11.8 Å². The minimum Gasteiger partial charge on any atom is -0.365 e. The maximum Gasteiger partial charge on any atom is 0.244 e. The maximum atomic E-state index is 11.5.